The molecule has 0 saturated carbocycles. The predicted molar refractivity (Wildman–Crippen MR) is 20.8 cm³/mol. The average Bonchev–Trinajstić information content (AvgIpc) is 1.86. The molecule has 0 aromatic carbocycles. The molecular formula is C2BrN2O. The Kier molecular flexibility index (Phi) is 0.874. The van der Waals surface area contributed by atoms with Crippen LogP contribution in [-0.2, 0) is 0 Å². The van der Waals surface area contributed by atoms with Crippen molar-refractivity contribution >= 4 is 15.9 Å². The summed E-state index contributed by atoms with van der Waals surface area (Å²) in [5, 5.41) is 6.46. The van der Waals surface area contributed by atoms with E-state index < -0.39 is 0 Å². The molecule has 0 amide bonds. The minimum absolute atomic E-state index is 0.502. The molecular weight excluding hydrogens is 148 g/mol. The summed E-state index contributed by atoms with van der Waals surface area (Å²) in [7, 11) is 0. The predicted octanol–water partition coefficient (Wildman–Crippen LogP) is 0.632. The maximum atomic E-state index is 4.11. The lowest BCUT2D eigenvalue weighted by Gasteiger charge is -1.54. The van der Waals surface area contributed by atoms with E-state index in [1.807, 2.05) is 0 Å². The monoisotopic (exact) mass is 147 g/mol. The fourth-order valence-corrected chi connectivity index (χ4v) is 0.272. The molecule has 4 heteroatoms. The molecule has 0 aliphatic carbocycles. The summed E-state index contributed by atoms with van der Waals surface area (Å²) in [4.78, 5) is 0. The fourth-order valence-electron chi connectivity index (χ4n) is 0.135. The quantitative estimate of drug-likeness (QED) is 0.541. The molecule has 0 spiro atoms. The molecule has 3 nitrogen and oxygen atoms in total. The van der Waals surface area contributed by atoms with Gasteiger partial charge in [-0.1, -0.05) is 0 Å². The molecule has 1 aromatic heterocycles. The average molecular weight is 148 g/mol. The molecule has 0 unspecified atom stereocenters. The van der Waals surface area contributed by atoms with Gasteiger partial charge in [-0.05, 0) is 26.2 Å². The second-order valence-electron chi connectivity index (χ2n) is 0.667. The van der Waals surface area contributed by atoms with E-state index in [1.54, 1.807) is 0 Å². The van der Waals surface area contributed by atoms with Gasteiger partial charge in [-0.3, -0.25) is 0 Å². The van der Waals surface area contributed by atoms with Crippen molar-refractivity contribution in [2.24, 2.45) is 0 Å². The van der Waals surface area contributed by atoms with E-state index in [2.05, 4.69) is 37.1 Å². The largest absolute Gasteiger partial charge is 0.243 e. The zero-order chi connectivity index (χ0) is 4.41. The fraction of sp³-hybridized carbons (Fsp3) is 0. The summed E-state index contributed by atoms with van der Waals surface area (Å²) in [6, 6.07) is 0. The van der Waals surface area contributed by atoms with Gasteiger partial charge in [-0.2, -0.15) is 0 Å². The second kappa shape index (κ2) is 1.38. The third-order valence-corrected chi connectivity index (χ3v) is 0.622. The molecule has 0 atom stereocenters. The molecule has 0 N–H and O–H groups in total. The van der Waals surface area contributed by atoms with Crippen LogP contribution in [0.15, 0.2) is 9.23 Å². The van der Waals surface area contributed by atoms with Crippen molar-refractivity contribution in [2.75, 3.05) is 0 Å². The van der Waals surface area contributed by atoms with Crippen molar-refractivity contribution in [1.29, 1.82) is 0 Å². The highest BCUT2D eigenvalue weighted by Gasteiger charge is 1.84. The Labute approximate surface area is 42.4 Å². The maximum Gasteiger partial charge on any atom is 0.180 e. The zero-order valence-corrected chi connectivity index (χ0v) is 4.27. The molecule has 6 heavy (non-hydrogen) atoms. The Morgan fingerprint density at radius 3 is 2.83 bits per heavy atom. The van der Waals surface area contributed by atoms with Crippen LogP contribution in [0, 0.1) is 6.20 Å². The first-order valence-corrected chi connectivity index (χ1v) is 2.04. The summed E-state index contributed by atoms with van der Waals surface area (Å²) in [5.74, 6) is 0. The highest BCUT2D eigenvalue weighted by atomic mass is 79.9. The molecule has 0 saturated heterocycles. The van der Waals surface area contributed by atoms with Gasteiger partial charge in [0.1, 0.15) is 0 Å². The number of hydrogen-bond donors (Lipinski definition) is 0. The standard InChI is InChI=1S/C2BrN2O/c3-2-1-4-6-5-2. The van der Waals surface area contributed by atoms with Gasteiger partial charge in [-0.15, -0.1) is 0 Å². The van der Waals surface area contributed by atoms with E-state index in [9.17, 15) is 0 Å². The highest BCUT2D eigenvalue weighted by molar-refractivity contribution is 9.10. The van der Waals surface area contributed by atoms with Crippen LogP contribution >= 0.6 is 15.9 Å². The number of nitrogens with zero attached hydrogens (tertiary/aromatic N) is 2. The third-order valence-electron chi connectivity index (χ3n) is 0.300. The van der Waals surface area contributed by atoms with Crippen LogP contribution in [0.2, 0.25) is 0 Å². The van der Waals surface area contributed by atoms with E-state index >= 15 is 0 Å². The van der Waals surface area contributed by atoms with Gasteiger partial charge < -0.3 is 0 Å². The lowest BCUT2D eigenvalue weighted by atomic mass is 11.0. The third kappa shape index (κ3) is 0.567. The summed E-state index contributed by atoms with van der Waals surface area (Å²) < 4.78 is 4.61. The first kappa shape index (κ1) is 3.80. The second-order valence-corrected chi connectivity index (χ2v) is 1.42. The van der Waals surface area contributed by atoms with Crippen molar-refractivity contribution in [3.8, 4) is 0 Å². The first-order valence-electron chi connectivity index (χ1n) is 1.25. The number of hydrogen-bond acceptors (Lipinski definition) is 3. The number of rotatable bonds is 0. The van der Waals surface area contributed by atoms with Gasteiger partial charge in [0.2, 0.25) is 0 Å². The van der Waals surface area contributed by atoms with Crippen LogP contribution in [0.5, 0.6) is 0 Å². The molecule has 1 heterocycles. The zero-order valence-electron chi connectivity index (χ0n) is 2.68. The van der Waals surface area contributed by atoms with Gasteiger partial charge in [0.25, 0.3) is 0 Å². The van der Waals surface area contributed by atoms with Crippen molar-refractivity contribution in [1.82, 2.24) is 10.3 Å². The molecule has 1 rings (SSSR count). The number of halogens is 1. The molecule has 0 aliphatic rings. The van der Waals surface area contributed by atoms with Gasteiger partial charge in [0.05, 0.1) is 0 Å². The lowest BCUT2D eigenvalue weighted by Crippen LogP contribution is -1.50. The molecule has 1 radical (unpaired) electrons. The van der Waals surface area contributed by atoms with Gasteiger partial charge >= 0.3 is 0 Å². The molecule has 0 aliphatic heterocycles. The van der Waals surface area contributed by atoms with Crippen molar-refractivity contribution in [3.63, 3.8) is 0 Å². The van der Waals surface area contributed by atoms with Crippen LogP contribution in [-0.4, -0.2) is 10.3 Å². The van der Waals surface area contributed by atoms with Crippen molar-refractivity contribution in [3.05, 3.63) is 10.8 Å². The van der Waals surface area contributed by atoms with Crippen molar-refractivity contribution in [2.45, 2.75) is 0 Å². The van der Waals surface area contributed by atoms with Crippen LogP contribution < -0.4 is 0 Å². The Morgan fingerprint density at radius 1 is 1.83 bits per heavy atom. The SMILES string of the molecule is Brc1[c]non1. The van der Waals surface area contributed by atoms with Gasteiger partial charge in [0, 0.05) is 0 Å². The highest BCUT2D eigenvalue weighted by Crippen LogP contribution is 1.97. The van der Waals surface area contributed by atoms with Gasteiger partial charge in [0.15, 0.2) is 10.8 Å². The van der Waals surface area contributed by atoms with Crippen molar-refractivity contribution < 1.29 is 4.63 Å². The Morgan fingerprint density at radius 2 is 2.67 bits per heavy atom. The molecule has 1 aromatic rings. The first-order chi connectivity index (χ1) is 2.89. The smallest absolute Gasteiger partial charge is 0.180 e. The summed E-state index contributed by atoms with van der Waals surface area (Å²) in [5.41, 5.74) is 0. The van der Waals surface area contributed by atoms with E-state index in [0.717, 1.165) is 0 Å². The lowest BCUT2D eigenvalue weighted by molar-refractivity contribution is 0.304. The molecule has 31 valence electrons. The van der Waals surface area contributed by atoms with E-state index in [1.165, 1.54) is 0 Å². The van der Waals surface area contributed by atoms with E-state index in [-0.39, 0.29) is 0 Å². The van der Waals surface area contributed by atoms with E-state index in [0.29, 0.717) is 4.60 Å². The number of aromatic nitrogens is 2. The normalized spacial score (nSPS) is 8.83. The Balaban J connectivity index is 3.05. The maximum absolute atomic E-state index is 4.11. The summed E-state index contributed by atoms with van der Waals surface area (Å²) in [6.45, 7) is 0. The van der Waals surface area contributed by atoms with Crippen LogP contribution in [0.1, 0.15) is 0 Å². The topological polar surface area (TPSA) is 38.9 Å². The van der Waals surface area contributed by atoms with E-state index in [4.69, 9.17) is 0 Å². The Bertz CT molecular complexity index is 115. The Hall–Kier alpha value is -0.380. The van der Waals surface area contributed by atoms with Crippen LogP contribution in [0.4, 0.5) is 0 Å². The molecule has 0 fully saturated rings. The minimum atomic E-state index is 0.502. The van der Waals surface area contributed by atoms with Crippen LogP contribution in [0.25, 0.3) is 0 Å². The minimum Gasteiger partial charge on any atom is -0.243 e. The summed E-state index contributed by atoms with van der Waals surface area (Å²) in [6.07, 6.45) is 2.39. The molecule has 0 bridgehead atoms. The summed E-state index contributed by atoms with van der Waals surface area (Å²) >= 11 is 2.96. The van der Waals surface area contributed by atoms with Crippen LogP contribution in [0.3, 0.4) is 0 Å². The van der Waals surface area contributed by atoms with Gasteiger partial charge in [-0.25, -0.2) is 4.63 Å².